The molecule has 63 heavy (non-hydrogen) atoms. The lowest BCUT2D eigenvalue weighted by Crippen LogP contribution is -2.55. The lowest BCUT2D eigenvalue weighted by atomic mass is 10.0. The largest absolute Gasteiger partial charge is 0.544 e. The van der Waals surface area contributed by atoms with Crippen LogP contribution in [0.1, 0.15) is 232 Å². The Labute approximate surface area is 388 Å². The number of nitrogens with zero attached hydrogens (tertiary/aromatic N) is 1. The molecule has 0 aromatic heterocycles. The van der Waals surface area contributed by atoms with Gasteiger partial charge in [-0.1, -0.05) is 210 Å². The summed E-state index contributed by atoms with van der Waals surface area (Å²) in [6.07, 6.45) is 55.7. The molecule has 0 heterocycles. The van der Waals surface area contributed by atoms with E-state index < -0.39 is 18.1 Å². The SMILES string of the molecule is CC/C=C/C/C=C/C/C=C/C/C=C/CCCCCCCCC(=O)OCC(COCCC(C(=O)[O-])[N+](C)(C)C)OC(=O)CCCCCCCCCCCCCCCCCCCCCC. The van der Waals surface area contributed by atoms with Crippen molar-refractivity contribution in [3.63, 3.8) is 0 Å². The molecule has 2 unspecified atom stereocenters. The molecule has 0 saturated carbocycles. The van der Waals surface area contributed by atoms with Gasteiger partial charge in [0.25, 0.3) is 0 Å². The van der Waals surface area contributed by atoms with Gasteiger partial charge in [0.2, 0.25) is 0 Å². The van der Waals surface area contributed by atoms with E-state index in [0.29, 0.717) is 12.8 Å². The summed E-state index contributed by atoms with van der Waals surface area (Å²) in [6.45, 7) is 4.57. The van der Waals surface area contributed by atoms with Gasteiger partial charge < -0.3 is 28.6 Å². The second kappa shape index (κ2) is 45.8. The van der Waals surface area contributed by atoms with Crippen molar-refractivity contribution in [2.24, 2.45) is 0 Å². The van der Waals surface area contributed by atoms with Crippen LogP contribution in [-0.4, -0.2) is 75.5 Å². The third kappa shape index (κ3) is 44.3. The molecule has 0 fully saturated rings. The van der Waals surface area contributed by atoms with E-state index in [1.807, 2.05) is 0 Å². The first-order valence-electron chi connectivity index (χ1n) is 26.2. The number of likely N-dealkylation sites (N-methyl/N-ethyl adjacent to an activating group) is 1. The molecule has 0 aliphatic carbocycles. The van der Waals surface area contributed by atoms with Crippen LogP contribution in [0.5, 0.6) is 0 Å². The molecule has 0 N–H and O–H groups in total. The molecule has 0 rings (SSSR count). The van der Waals surface area contributed by atoms with E-state index >= 15 is 0 Å². The van der Waals surface area contributed by atoms with Crippen molar-refractivity contribution in [2.45, 2.75) is 244 Å². The fourth-order valence-corrected chi connectivity index (χ4v) is 7.71. The quantitative estimate of drug-likeness (QED) is 0.0259. The molecular formula is C55H99NO7. The van der Waals surface area contributed by atoms with E-state index in [1.165, 1.54) is 122 Å². The Kier molecular flexibility index (Phi) is 43.9. The number of rotatable bonds is 47. The monoisotopic (exact) mass is 886 g/mol. The Morgan fingerprint density at radius 1 is 0.492 bits per heavy atom. The molecule has 0 aromatic carbocycles. The van der Waals surface area contributed by atoms with Crippen molar-refractivity contribution < 1.29 is 38.2 Å². The Balaban J connectivity index is 4.24. The lowest BCUT2D eigenvalue weighted by Gasteiger charge is -2.34. The van der Waals surface area contributed by atoms with Gasteiger partial charge in [-0.05, 0) is 51.4 Å². The molecule has 366 valence electrons. The van der Waals surface area contributed by atoms with Crippen molar-refractivity contribution in [2.75, 3.05) is 41.0 Å². The standard InChI is InChI=1S/C55H99NO7/c1-6-8-10-12-14-16-18-20-22-24-26-28-30-32-34-36-38-40-42-44-46-54(58)63-51(49-61-48-47-52(55(59)60)56(3,4)5)50-62-53(57)45-43-41-39-37-35-33-31-29-27-25-23-21-19-17-15-13-11-9-7-2/h9,11,15,17,21,23,27,29,51-52H,6-8,10,12-14,16,18-20,22,24-26,28,30-50H2,1-5H3/b11-9+,17-15+,23-21+,29-27+. The molecule has 0 aliphatic rings. The summed E-state index contributed by atoms with van der Waals surface area (Å²) >= 11 is 0. The minimum absolute atomic E-state index is 0.0378. The first kappa shape index (κ1) is 60.3. The fourth-order valence-electron chi connectivity index (χ4n) is 7.71. The molecule has 8 nitrogen and oxygen atoms in total. The molecule has 2 atom stereocenters. The highest BCUT2D eigenvalue weighted by Crippen LogP contribution is 2.16. The minimum Gasteiger partial charge on any atom is -0.544 e. The van der Waals surface area contributed by atoms with Crippen LogP contribution in [0.2, 0.25) is 0 Å². The number of carbonyl (C=O) groups excluding carboxylic acids is 3. The third-order valence-corrected chi connectivity index (χ3v) is 11.7. The number of hydrogen-bond donors (Lipinski definition) is 0. The van der Waals surface area contributed by atoms with Gasteiger partial charge in [0.05, 0.1) is 40.3 Å². The van der Waals surface area contributed by atoms with Gasteiger partial charge in [-0.3, -0.25) is 9.59 Å². The van der Waals surface area contributed by atoms with E-state index in [2.05, 4.69) is 62.5 Å². The molecule has 0 amide bonds. The summed E-state index contributed by atoms with van der Waals surface area (Å²) < 4.78 is 17.3. The van der Waals surface area contributed by atoms with Crippen LogP contribution >= 0.6 is 0 Å². The number of ether oxygens (including phenoxy) is 3. The average molecular weight is 886 g/mol. The van der Waals surface area contributed by atoms with Crippen LogP contribution in [0, 0.1) is 0 Å². The number of unbranched alkanes of at least 4 members (excludes halogenated alkanes) is 25. The number of hydrogen-bond acceptors (Lipinski definition) is 7. The van der Waals surface area contributed by atoms with Gasteiger partial charge in [0.1, 0.15) is 12.6 Å². The number of carbonyl (C=O) groups is 3. The summed E-state index contributed by atoms with van der Waals surface area (Å²) in [7, 11) is 5.42. The normalized spacial score (nSPS) is 13.2. The maximum absolute atomic E-state index is 12.8. The summed E-state index contributed by atoms with van der Waals surface area (Å²) in [6, 6.07) is -0.728. The zero-order valence-corrected chi connectivity index (χ0v) is 41.7. The maximum atomic E-state index is 12.8. The van der Waals surface area contributed by atoms with Crippen molar-refractivity contribution >= 4 is 17.9 Å². The summed E-state index contributed by atoms with van der Waals surface area (Å²) in [5.74, 6) is -1.74. The van der Waals surface area contributed by atoms with E-state index in [4.69, 9.17) is 14.2 Å². The molecular weight excluding hydrogens is 787 g/mol. The predicted molar refractivity (Wildman–Crippen MR) is 263 cm³/mol. The van der Waals surface area contributed by atoms with Crippen molar-refractivity contribution in [1.29, 1.82) is 0 Å². The molecule has 0 aliphatic heterocycles. The number of carboxylic acid groups (broad SMARTS) is 1. The highest BCUT2D eigenvalue weighted by molar-refractivity contribution is 5.70. The van der Waals surface area contributed by atoms with Gasteiger partial charge in [0, 0.05) is 19.3 Å². The topological polar surface area (TPSA) is 102 Å². The molecule has 0 aromatic rings. The number of aliphatic carboxylic acids is 1. The highest BCUT2D eigenvalue weighted by Gasteiger charge is 2.25. The van der Waals surface area contributed by atoms with Crippen molar-refractivity contribution in [3.05, 3.63) is 48.6 Å². The van der Waals surface area contributed by atoms with Crippen LogP contribution in [0.25, 0.3) is 0 Å². The van der Waals surface area contributed by atoms with Crippen molar-refractivity contribution in [1.82, 2.24) is 0 Å². The van der Waals surface area contributed by atoms with Crippen LogP contribution in [-0.2, 0) is 28.6 Å². The summed E-state index contributed by atoms with van der Waals surface area (Å²) in [5, 5.41) is 11.7. The Bertz CT molecular complexity index is 1170. The van der Waals surface area contributed by atoms with Gasteiger partial charge in [-0.25, -0.2) is 0 Å². The van der Waals surface area contributed by atoms with E-state index in [1.54, 1.807) is 21.1 Å². The van der Waals surface area contributed by atoms with E-state index in [0.717, 1.165) is 77.0 Å². The number of esters is 2. The fraction of sp³-hybridized carbons (Fsp3) is 0.800. The second-order valence-corrected chi connectivity index (χ2v) is 18.7. The molecule has 0 saturated heterocycles. The summed E-state index contributed by atoms with van der Waals surface area (Å²) in [5.41, 5.74) is 0. The van der Waals surface area contributed by atoms with E-state index in [-0.39, 0.29) is 42.7 Å². The highest BCUT2D eigenvalue weighted by atomic mass is 16.6. The van der Waals surface area contributed by atoms with Gasteiger partial charge in [-0.2, -0.15) is 0 Å². The van der Waals surface area contributed by atoms with Crippen LogP contribution in [0.15, 0.2) is 48.6 Å². The summed E-state index contributed by atoms with van der Waals surface area (Å²) in [4.78, 5) is 37.1. The zero-order chi connectivity index (χ0) is 46.3. The molecule has 0 bridgehead atoms. The minimum atomic E-state index is -1.13. The van der Waals surface area contributed by atoms with E-state index in [9.17, 15) is 19.5 Å². The van der Waals surface area contributed by atoms with Gasteiger partial charge in [-0.15, -0.1) is 0 Å². The smallest absolute Gasteiger partial charge is 0.306 e. The number of quaternary nitrogens is 1. The molecule has 0 spiro atoms. The first-order valence-corrected chi connectivity index (χ1v) is 26.2. The number of carboxylic acids is 1. The van der Waals surface area contributed by atoms with Gasteiger partial charge >= 0.3 is 11.9 Å². The molecule has 0 radical (unpaired) electrons. The zero-order valence-electron chi connectivity index (χ0n) is 41.7. The van der Waals surface area contributed by atoms with Crippen LogP contribution in [0.4, 0.5) is 0 Å². The Morgan fingerprint density at radius 2 is 0.889 bits per heavy atom. The average Bonchev–Trinajstić information content (AvgIpc) is 3.24. The third-order valence-electron chi connectivity index (χ3n) is 11.7. The first-order chi connectivity index (χ1) is 30.6. The molecule has 8 heteroatoms. The second-order valence-electron chi connectivity index (χ2n) is 18.7. The predicted octanol–water partition coefficient (Wildman–Crippen LogP) is 13.8. The number of allylic oxidation sites excluding steroid dienone is 8. The Hall–Kier alpha value is -2.71. The van der Waals surface area contributed by atoms with Crippen LogP contribution < -0.4 is 5.11 Å². The lowest BCUT2D eigenvalue weighted by molar-refractivity contribution is -0.889. The van der Waals surface area contributed by atoms with Crippen LogP contribution in [0.3, 0.4) is 0 Å². The van der Waals surface area contributed by atoms with Gasteiger partial charge in [0.15, 0.2) is 6.10 Å². The van der Waals surface area contributed by atoms with Crippen molar-refractivity contribution in [3.8, 4) is 0 Å². The maximum Gasteiger partial charge on any atom is 0.306 e. The Morgan fingerprint density at radius 3 is 1.32 bits per heavy atom.